The highest BCUT2D eigenvalue weighted by Gasteiger charge is 2.24. The summed E-state index contributed by atoms with van der Waals surface area (Å²) in [4.78, 5) is 3.15. The van der Waals surface area contributed by atoms with Crippen molar-refractivity contribution in [1.29, 1.82) is 0 Å². The molecule has 1 nitrogen and oxygen atoms in total. The van der Waals surface area contributed by atoms with Crippen LogP contribution in [0, 0.1) is 5.95 Å². The molecule has 0 aliphatic rings. The minimum Gasteiger partial charge on any atom is -0.228 e. The SMILES string of the molecule is CC(F)(F)c1ccnc(F)c1. The van der Waals surface area contributed by atoms with Crippen molar-refractivity contribution in [3.63, 3.8) is 0 Å². The number of pyridine rings is 1. The zero-order valence-electron chi connectivity index (χ0n) is 5.81. The van der Waals surface area contributed by atoms with Crippen LogP contribution in [0.25, 0.3) is 0 Å². The molecule has 0 spiro atoms. The summed E-state index contributed by atoms with van der Waals surface area (Å²) in [5, 5.41) is 0. The van der Waals surface area contributed by atoms with Crippen molar-refractivity contribution >= 4 is 0 Å². The maximum atomic E-state index is 12.4. The van der Waals surface area contributed by atoms with Crippen molar-refractivity contribution in [2.75, 3.05) is 0 Å². The van der Waals surface area contributed by atoms with Gasteiger partial charge in [-0.25, -0.2) is 13.8 Å². The third-order valence-corrected chi connectivity index (χ3v) is 1.23. The van der Waals surface area contributed by atoms with E-state index in [2.05, 4.69) is 4.98 Å². The third-order valence-electron chi connectivity index (χ3n) is 1.23. The van der Waals surface area contributed by atoms with Crippen LogP contribution in [-0.2, 0) is 5.92 Å². The number of hydrogen-bond acceptors (Lipinski definition) is 1. The van der Waals surface area contributed by atoms with Gasteiger partial charge in [0.2, 0.25) is 5.95 Å². The van der Waals surface area contributed by atoms with E-state index in [1.807, 2.05) is 0 Å². The second-order valence-corrected chi connectivity index (χ2v) is 2.26. The highest BCUT2D eigenvalue weighted by molar-refractivity contribution is 5.15. The Bertz CT molecular complexity index is 254. The van der Waals surface area contributed by atoms with Crippen LogP contribution in [0.5, 0.6) is 0 Å². The average molecular weight is 161 g/mol. The zero-order chi connectivity index (χ0) is 8.48. The van der Waals surface area contributed by atoms with Gasteiger partial charge in [-0.3, -0.25) is 0 Å². The van der Waals surface area contributed by atoms with Crippen LogP contribution in [-0.4, -0.2) is 4.98 Å². The molecule has 1 rings (SSSR count). The molecule has 0 radical (unpaired) electrons. The van der Waals surface area contributed by atoms with E-state index >= 15 is 0 Å². The summed E-state index contributed by atoms with van der Waals surface area (Å²) in [6.45, 7) is 0.710. The molecule has 11 heavy (non-hydrogen) atoms. The quantitative estimate of drug-likeness (QED) is 0.576. The fraction of sp³-hybridized carbons (Fsp3) is 0.286. The smallest absolute Gasteiger partial charge is 0.228 e. The minimum absolute atomic E-state index is 0.356. The van der Waals surface area contributed by atoms with Crippen LogP contribution in [0.2, 0.25) is 0 Å². The molecule has 0 saturated carbocycles. The first-order valence-corrected chi connectivity index (χ1v) is 3.00. The maximum Gasteiger partial charge on any atom is 0.270 e. The molecule has 0 atom stereocenters. The van der Waals surface area contributed by atoms with Gasteiger partial charge in [0.15, 0.2) is 0 Å². The van der Waals surface area contributed by atoms with Crippen LogP contribution in [0.1, 0.15) is 12.5 Å². The molecule has 0 N–H and O–H groups in total. The van der Waals surface area contributed by atoms with E-state index in [1.54, 1.807) is 0 Å². The van der Waals surface area contributed by atoms with Gasteiger partial charge in [-0.1, -0.05) is 0 Å². The lowest BCUT2D eigenvalue weighted by Gasteiger charge is -2.08. The lowest BCUT2D eigenvalue weighted by Crippen LogP contribution is -2.07. The normalized spacial score (nSPS) is 11.6. The number of hydrogen-bond donors (Lipinski definition) is 0. The second-order valence-electron chi connectivity index (χ2n) is 2.26. The molecule has 60 valence electrons. The molecule has 0 aliphatic carbocycles. The first-order chi connectivity index (χ1) is 5.00. The summed E-state index contributed by atoms with van der Waals surface area (Å²) in [6, 6.07) is 1.81. The first kappa shape index (κ1) is 8.04. The van der Waals surface area contributed by atoms with Gasteiger partial charge in [0.05, 0.1) is 0 Å². The molecular weight excluding hydrogens is 155 g/mol. The molecule has 1 aromatic rings. The van der Waals surface area contributed by atoms with E-state index in [4.69, 9.17) is 0 Å². The molecule has 0 bridgehead atoms. The van der Waals surface area contributed by atoms with E-state index in [9.17, 15) is 13.2 Å². The Morgan fingerprint density at radius 1 is 1.45 bits per heavy atom. The Kier molecular flexibility index (Phi) is 1.85. The average Bonchev–Trinajstić information content (AvgIpc) is 1.86. The summed E-state index contributed by atoms with van der Waals surface area (Å²) in [6.07, 6.45) is 1.02. The predicted octanol–water partition coefficient (Wildman–Crippen LogP) is 2.33. The summed E-state index contributed by atoms with van der Waals surface area (Å²) in [5.41, 5.74) is -0.356. The molecule has 0 aromatic carbocycles. The van der Waals surface area contributed by atoms with Gasteiger partial charge >= 0.3 is 0 Å². The van der Waals surface area contributed by atoms with Gasteiger partial charge in [0.25, 0.3) is 5.92 Å². The topological polar surface area (TPSA) is 12.9 Å². The molecule has 0 aliphatic heterocycles. The Morgan fingerprint density at radius 2 is 2.09 bits per heavy atom. The molecular formula is C7H6F3N. The lowest BCUT2D eigenvalue weighted by molar-refractivity contribution is 0.0170. The van der Waals surface area contributed by atoms with Crippen molar-refractivity contribution < 1.29 is 13.2 Å². The number of nitrogens with zero attached hydrogens (tertiary/aromatic N) is 1. The van der Waals surface area contributed by atoms with Crippen molar-refractivity contribution in [2.24, 2.45) is 0 Å². The standard InChI is InChI=1S/C7H6F3N/c1-7(9,10)5-2-3-11-6(8)4-5/h2-4H,1H3. The van der Waals surface area contributed by atoms with E-state index in [0.29, 0.717) is 6.92 Å². The van der Waals surface area contributed by atoms with Gasteiger partial charge in [0.1, 0.15) is 0 Å². The number of halogens is 3. The van der Waals surface area contributed by atoms with Gasteiger partial charge in [-0.15, -0.1) is 0 Å². The Morgan fingerprint density at radius 3 is 2.45 bits per heavy atom. The number of alkyl halides is 2. The minimum atomic E-state index is -3.00. The van der Waals surface area contributed by atoms with Crippen LogP contribution < -0.4 is 0 Å². The summed E-state index contributed by atoms with van der Waals surface area (Å²) >= 11 is 0. The van der Waals surface area contributed by atoms with Crippen LogP contribution in [0.3, 0.4) is 0 Å². The maximum absolute atomic E-state index is 12.4. The van der Waals surface area contributed by atoms with E-state index in [0.717, 1.165) is 18.3 Å². The molecule has 0 unspecified atom stereocenters. The zero-order valence-corrected chi connectivity index (χ0v) is 5.81. The Balaban J connectivity index is 3.06. The molecule has 0 fully saturated rings. The van der Waals surface area contributed by atoms with Crippen LogP contribution in [0.4, 0.5) is 13.2 Å². The van der Waals surface area contributed by atoms with Gasteiger partial charge < -0.3 is 0 Å². The van der Waals surface area contributed by atoms with Crippen LogP contribution in [0.15, 0.2) is 18.3 Å². The first-order valence-electron chi connectivity index (χ1n) is 3.00. The third kappa shape index (κ3) is 1.93. The summed E-state index contributed by atoms with van der Waals surface area (Å²) in [5.74, 6) is -3.88. The van der Waals surface area contributed by atoms with Gasteiger partial charge in [-0.05, 0) is 6.07 Å². The second kappa shape index (κ2) is 2.53. The van der Waals surface area contributed by atoms with Gasteiger partial charge in [-0.2, -0.15) is 4.39 Å². The molecule has 4 heteroatoms. The van der Waals surface area contributed by atoms with Gasteiger partial charge in [0, 0.05) is 24.8 Å². The monoisotopic (exact) mass is 161 g/mol. The van der Waals surface area contributed by atoms with Crippen LogP contribution >= 0.6 is 0 Å². The predicted molar refractivity (Wildman–Crippen MR) is 33.8 cm³/mol. The lowest BCUT2D eigenvalue weighted by atomic mass is 10.2. The highest BCUT2D eigenvalue weighted by Crippen LogP contribution is 2.26. The largest absolute Gasteiger partial charge is 0.270 e. The molecule has 0 saturated heterocycles. The fourth-order valence-electron chi connectivity index (χ4n) is 0.676. The van der Waals surface area contributed by atoms with E-state index in [1.165, 1.54) is 0 Å². The summed E-state index contributed by atoms with van der Waals surface area (Å²) < 4.78 is 37.1. The summed E-state index contributed by atoms with van der Waals surface area (Å²) in [7, 11) is 0. The number of aromatic nitrogens is 1. The van der Waals surface area contributed by atoms with Crippen molar-refractivity contribution in [3.05, 3.63) is 29.8 Å². The fourth-order valence-corrected chi connectivity index (χ4v) is 0.676. The van der Waals surface area contributed by atoms with Crippen molar-refractivity contribution in [1.82, 2.24) is 4.98 Å². The highest BCUT2D eigenvalue weighted by atomic mass is 19.3. The Hall–Kier alpha value is -1.06. The van der Waals surface area contributed by atoms with Crippen molar-refractivity contribution in [3.8, 4) is 0 Å². The molecule has 1 aromatic heterocycles. The number of rotatable bonds is 1. The van der Waals surface area contributed by atoms with E-state index in [-0.39, 0.29) is 5.56 Å². The Labute approximate surface area is 61.9 Å². The van der Waals surface area contributed by atoms with Crippen molar-refractivity contribution in [2.45, 2.75) is 12.8 Å². The molecule has 0 amide bonds. The van der Waals surface area contributed by atoms with E-state index < -0.39 is 11.9 Å². The molecule has 1 heterocycles.